The number of nitrogens with zero attached hydrogens (tertiary/aromatic N) is 1. The summed E-state index contributed by atoms with van der Waals surface area (Å²) in [7, 11) is 0. The molecule has 0 radical (unpaired) electrons. The SMILES string of the molecule is Oc1cc(F)c(N2CCNCC2)c(F)c1. The van der Waals surface area contributed by atoms with Crippen molar-refractivity contribution < 1.29 is 13.9 Å². The van der Waals surface area contributed by atoms with Crippen LogP contribution in [0.5, 0.6) is 5.75 Å². The molecular weight excluding hydrogens is 202 g/mol. The van der Waals surface area contributed by atoms with E-state index < -0.39 is 11.6 Å². The molecule has 0 aliphatic carbocycles. The Bertz CT molecular complexity index is 341. The lowest BCUT2D eigenvalue weighted by atomic mass is 10.2. The van der Waals surface area contributed by atoms with E-state index >= 15 is 0 Å². The van der Waals surface area contributed by atoms with Crippen LogP contribution in [0.3, 0.4) is 0 Å². The van der Waals surface area contributed by atoms with Crippen molar-refractivity contribution in [3.8, 4) is 5.75 Å². The Kier molecular flexibility index (Phi) is 2.73. The van der Waals surface area contributed by atoms with Crippen LogP contribution in [-0.2, 0) is 0 Å². The van der Waals surface area contributed by atoms with E-state index in [0.717, 1.165) is 12.1 Å². The Labute approximate surface area is 86.3 Å². The third-order valence-corrected chi connectivity index (χ3v) is 2.43. The van der Waals surface area contributed by atoms with Gasteiger partial charge in [-0.25, -0.2) is 8.78 Å². The van der Waals surface area contributed by atoms with Gasteiger partial charge in [0.15, 0.2) is 11.6 Å². The highest BCUT2D eigenvalue weighted by Crippen LogP contribution is 2.27. The largest absolute Gasteiger partial charge is 0.508 e. The van der Waals surface area contributed by atoms with Gasteiger partial charge < -0.3 is 15.3 Å². The summed E-state index contributed by atoms with van der Waals surface area (Å²) in [6.07, 6.45) is 0. The molecular formula is C10H12F2N2O. The third kappa shape index (κ3) is 2.02. The first kappa shape index (κ1) is 10.2. The number of hydrogen-bond acceptors (Lipinski definition) is 3. The molecule has 5 heteroatoms. The maximum absolute atomic E-state index is 13.4. The highest BCUT2D eigenvalue weighted by Gasteiger charge is 2.19. The lowest BCUT2D eigenvalue weighted by Crippen LogP contribution is -2.44. The molecule has 0 aromatic heterocycles. The van der Waals surface area contributed by atoms with Crippen LogP contribution in [0.1, 0.15) is 0 Å². The fourth-order valence-corrected chi connectivity index (χ4v) is 1.74. The second kappa shape index (κ2) is 4.02. The lowest BCUT2D eigenvalue weighted by molar-refractivity contribution is 0.458. The minimum Gasteiger partial charge on any atom is -0.508 e. The first-order valence-corrected chi connectivity index (χ1v) is 4.82. The number of halogens is 2. The van der Waals surface area contributed by atoms with E-state index in [1.165, 1.54) is 0 Å². The summed E-state index contributed by atoms with van der Waals surface area (Å²) in [5, 5.41) is 12.1. The molecule has 0 saturated carbocycles. The molecule has 1 aliphatic rings. The smallest absolute Gasteiger partial charge is 0.153 e. The maximum Gasteiger partial charge on any atom is 0.153 e. The van der Waals surface area contributed by atoms with Crippen LogP contribution in [0.15, 0.2) is 12.1 Å². The maximum atomic E-state index is 13.4. The number of phenols is 1. The average Bonchev–Trinajstić information content (AvgIpc) is 2.17. The van der Waals surface area contributed by atoms with Crippen molar-refractivity contribution >= 4 is 5.69 Å². The number of hydrogen-bond donors (Lipinski definition) is 2. The Hall–Kier alpha value is -1.36. The Morgan fingerprint density at radius 2 is 1.67 bits per heavy atom. The second-order valence-electron chi connectivity index (χ2n) is 3.50. The number of anilines is 1. The van der Waals surface area contributed by atoms with Crippen molar-refractivity contribution in [3.05, 3.63) is 23.8 Å². The summed E-state index contributed by atoms with van der Waals surface area (Å²) < 4.78 is 26.9. The molecule has 1 aromatic carbocycles. The van der Waals surface area contributed by atoms with Crippen molar-refractivity contribution in [2.75, 3.05) is 31.1 Å². The Balaban J connectivity index is 2.33. The molecule has 2 N–H and O–H groups in total. The van der Waals surface area contributed by atoms with Gasteiger partial charge in [-0.15, -0.1) is 0 Å². The van der Waals surface area contributed by atoms with Gasteiger partial charge in [-0.2, -0.15) is 0 Å². The predicted molar refractivity (Wildman–Crippen MR) is 53.1 cm³/mol. The van der Waals surface area contributed by atoms with Crippen LogP contribution in [-0.4, -0.2) is 31.3 Å². The molecule has 0 spiro atoms. The number of aromatic hydroxyl groups is 1. The van der Waals surface area contributed by atoms with E-state index in [1.54, 1.807) is 4.90 Å². The van der Waals surface area contributed by atoms with E-state index in [4.69, 9.17) is 5.11 Å². The number of piperazine rings is 1. The molecule has 1 aliphatic heterocycles. The average molecular weight is 214 g/mol. The highest BCUT2D eigenvalue weighted by atomic mass is 19.1. The fraction of sp³-hybridized carbons (Fsp3) is 0.400. The zero-order chi connectivity index (χ0) is 10.8. The topological polar surface area (TPSA) is 35.5 Å². The molecule has 1 heterocycles. The van der Waals surface area contributed by atoms with Crippen molar-refractivity contribution in [2.45, 2.75) is 0 Å². The normalized spacial score (nSPS) is 16.8. The van der Waals surface area contributed by atoms with Gasteiger partial charge in [0.2, 0.25) is 0 Å². The minimum absolute atomic E-state index is 0.0469. The molecule has 0 bridgehead atoms. The first-order chi connectivity index (χ1) is 7.18. The summed E-state index contributed by atoms with van der Waals surface area (Å²) in [5.41, 5.74) is -0.0469. The predicted octanol–water partition coefficient (Wildman–Crippen LogP) is 1.08. The van der Waals surface area contributed by atoms with Crippen LogP contribution in [0.25, 0.3) is 0 Å². The lowest BCUT2D eigenvalue weighted by Gasteiger charge is -2.29. The molecule has 0 amide bonds. The molecule has 3 nitrogen and oxygen atoms in total. The van der Waals surface area contributed by atoms with Gasteiger partial charge in [0.25, 0.3) is 0 Å². The molecule has 15 heavy (non-hydrogen) atoms. The van der Waals surface area contributed by atoms with E-state index in [9.17, 15) is 8.78 Å². The van der Waals surface area contributed by atoms with Crippen molar-refractivity contribution in [2.24, 2.45) is 0 Å². The standard InChI is InChI=1S/C10H12F2N2O/c11-8-5-7(15)6-9(12)10(8)14-3-1-13-2-4-14/h5-6,13,15H,1-4H2. The van der Waals surface area contributed by atoms with Crippen LogP contribution in [0, 0.1) is 11.6 Å². The summed E-state index contributed by atoms with van der Waals surface area (Å²) in [5.74, 6) is -1.81. The number of phenolic OH excluding ortho intramolecular Hbond substituents is 1. The zero-order valence-electron chi connectivity index (χ0n) is 8.13. The molecule has 1 saturated heterocycles. The van der Waals surface area contributed by atoms with Gasteiger partial charge in [0, 0.05) is 38.3 Å². The molecule has 2 rings (SSSR count). The van der Waals surface area contributed by atoms with Crippen LogP contribution in [0.2, 0.25) is 0 Å². The van der Waals surface area contributed by atoms with Crippen molar-refractivity contribution in [1.82, 2.24) is 5.32 Å². The van der Waals surface area contributed by atoms with Crippen molar-refractivity contribution in [3.63, 3.8) is 0 Å². The van der Waals surface area contributed by atoms with Gasteiger partial charge in [-0.1, -0.05) is 0 Å². The van der Waals surface area contributed by atoms with E-state index in [2.05, 4.69) is 5.32 Å². The van der Waals surface area contributed by atoms with E-state index in [-0.39, 0.29) is 11.4 Å². The van der Waals surface area contributed by atoms with Gasteiger partial charge in [-0.3, -0.25) is 0 Å². The Morgan fingerprint density at radius 1 is 1.13 bits per heavy atom. The monoisotopic (exact) mass is 214 g/mol. The third-order valence-electron chi connectivity index (χ3n) is 2.43. The van der Waals surface area contributed by atoms with Gasteiger partial charge >= 0.3 is 0 Å². The summed E-state index contributed by atoms with van der Waals surface area (Å²) >= 11 is 0. The number of rotatable bonds is 1. The Morgan fingerprint density at radius 3 is 2.20 bits per heavy atom. The molecule has 0 unspecified atom stereocenters. The molecule has 0 atom stereocenters. The quantitative estimate of drug-likeness (QED) is 0.734. The number of nitrogens with one attached hydrogen (secondary N) is 1. The van der Waals surface area contributed by atoms with Crippen LogP contribution < -0.4 is 10.2 Å². The van der Waals surface area contributed by atoms with Gasteiger partial charge in [0.1, 0.15) is 11.4 Å². The molecule has 1 aromatic rings. The highest BCUT2D eigenvalue weighted by molar-refractivity contribution is 5.52. The minimum atomic E-state index is -0.714. The second-order valence-corrected chi connectivity index (χ2v) is 3.50. The van der Waals surface area contributed by atoms with Gasteiger partial charge in [0.05, 0.1) is 0 Å². The zero-order valence-corrected chi connectivity index (χ0v) is 8.13. The summed E-state index contributed by atoms with van der Waals surface area (Å²) in [4.78, 5) is 1.64. The van der Waals surface area contributed by atoms with E-state index in [1.807, 2.05) is 0 Å². The molecule has 1 fully saturated rings. The van der Waals surface area contributed by atoms with Crippen LogP contribution >= 0.6 is 0 Å². The van der Waals surface area contributed by atoms with Crippen LogP contribution in [0.4, 0.5) is 14.5 Å². The van der Waals surface area contributed by atoms with Gasteiger partial charge in [-0.05, 0) is 0 Å². The van der Waals surface area contributed by atoms with Crippen molar-refractivity contribution in [1.29, 1.82) is 0 Å². The summed E-state index contributed by atoms with van der Waals surface area (Å²) in [6, 6.07) is 1.86. The number of benzene rings is 1. The molecule has 82 valence electrons. The van der Waals surface area contributed by atoms with E-state index in [0.29, 0.717) is 26.2 Å². The first-order valence-electron chi connectivity index (χ1n) is 4.82. The summed E-state index contributed by atoms with van der Waals surface area (Å²) in [6.45, 7) is 2.55. The fourth-order valence-electron chi connectivity index (χ4n) is 1.74.